The topological polar surface area (TPSA) is 59.6 Å². The standard InChI is InChI=1S/C24H24N2O3/c1-18(2)17-28-23-11-7-6-10-22(23)25-16-24(27)26-19-12-14-21(15-13-19)29-20-8-4-3-5-9-20/h3-15,25H,1,16-17H2,2H3,(H,26,27). The van der Waals surface area contributed by atoms with Crippen LogP contribution in [0.25, 0.3) is 0 Å². The van der Waals surface area contributed by atoms with Crippen LogP contribution in [0.15, 0.2) is 91.0 Å². The molecule has 3 aromatic rings. The summed E-state index contributed by atoms with van der Waals surface area (Å²) < 4.78 is 11.5. The second-order valence-corrected chi connectivity index (χ2v) is 6.58. The lowest BCUT2D eigenvalue weighted by Gasteiger charge is -2.13. The predicted octanol–water partition coefficient (Wildman–Crippen LogP) is 5.48. The van der Waals surface area contributed by atoms with Crippen molar-refractivity contribution in [3.8, 4) is 17.2 Å². The zero-order valence-corrected chi connectivity index (χ0v) is 16.4. The first kappa shape index (κ1) is 20.0. The summed E-state index contributed by atoms with van der Waals surface area (Å²) in [4.78, 5) is 12.3. The number of para-hydroxylation sites is 3. The molecule has 0 aliphatic heterocycles. The number of ether oxygens (including phenoxy) is 2. The van der Waals surface area contributed by atoms with Crippen molar-refractivity contribution in [3.05, 3.63) is 91.0 Å². The molecule has 0 atom stereocenters. The highest BCUT2D eigenvalue weighted by molar-refractivity contribution is 5.94. The fourth-order valence-electron chi connectivity index (χ4n) is 2.55. The van der Waals surface area contributed by atoms with E-state index in [4.69, 9.17) is 9.47 Å². The van der Waals surface area contributed by atoms with E-state index < -0.39 is 0 Å². The number of nitrogens with one attached hydrogen (secondary N) is 2. The van der Waals surface area contributed by atoms with Crippen LogP contribution < -0.4 is 20.1 Å². The smallest absolute Gasteiger partial charge is 0.243 e. The Hall–Kier alpha value is -3.73. The maximum absolute atomic E-state index is 12.3. The third-order valence-electron chi connectivity index (χ3n) is 3.92. The fourth-order valence-corrected chi connectivity index (χ4v) is 2.55. The van der Waals surface area contributed by atoms with Crippen LogP contribution in [0.1, 0.15) is 6.92 Å². The lowest BCUT2D eigenvalue weighted by Crippen LogP contribution is -2.22. The van der Waals surface area contributed by atoms with Crippen molar-refractivity contribution in [1.29, 1.82) is 0 Å². The average Bonchev–Trinajstić information content (AvgIpc) is 2.73. The van der Waals surface area contributed by atoms with Gasteiger partial charge in [0.2, 0.25) is 5.91 Å². The van der Waals surface area contributed by atoms with E-state index in [-0.39, 0.29) is 12.5 Å². The average molecular weight is 388 g/mol. The van der Waals surface area contributed by atoms with Crippen molar-refractivity contribution in [2.75, 3.05) is 23.8 Å². The summed E-state index contributed by atoms with van der Waals surface area (Å²) in [5.74, 6) is 2.00. The van der Waals surface area contributed by atoms with Gasteiger partial charge in [-0.15, -0.1) is 0 Å². The normalized spacial score (nSPS) is 10.1. The second-order valence-electron chi connectivity index (χ2n) is 6.58. The molecule has 148 valence electrons. The van der Waals surface area contributed by atoms with Crippen molar-refractivity contribution < 1.29 is 14.3 Å². The van der Waals surface area contributed by atoms with Crippen LogP contribution in [0.3, 0.4) is 0 Å². The Labute approximate surface area is 171 Å². The first-order valence-corrected chi connectivity index (χ1v) is 9.33. The number of carbonyl (C=O) groups is 1. The Bertz CT molecular complexity index is 953. The van der Waals surface area contributed by atoms with E-state index in [0.717, 1.165) is 17.0 Å². The van der Waals surface area contributed by atoms with Crippen molar-refractivity contribution in [1.82, 2.24) is 0 Å². The number of hydrogen-bond donors (Lipinski definition) is 2. The zero-order valence-electron chi connectivity index (χ0n) is 16.4. The quantitative estimate of drug-likeness (QED) is 0.476. The Morgan fingerprint density at radius 2 is 1.55 bits per heavy atom. The Kier molecular flexibility index (Phi) is 6.90. The second kappa shape index (κ2) is 9.99. The summed E-state index contributed by atoms with van der Waals surface area (Å²) in [5, 5.41) is 5.97. The molecular weight excluding hydrogens is 364 g/mol. The lowest BCUT2D eigenvalue weighted by atomic mass is 10.2. The summed E-state index contributed by atoms with van der Waals surface area (Å²) in [6.07, 6.45) is 0. The van der Waals surface area contributed by atoms with Crippen molar-refractivity contribution in [3.63, 3.8) is 0 Å². The molecule has 0 saturated heterocycles. The van der Waals surface area contributed by atoms with E-state index >= 15 is 0 Å². The largest absolute Gasteiger partial charge is 0.487 e. The van der Waals surface area contributed by atoms with Crippen molar-refractivity contribution in [2.24, 2.45) is 0 Å². The Balaban J connectivity index is 1.51. The van der Waals surface area contributed by atoms with E-state index in [0.29, 0.717) is 23.8 Å². The molecule has 0 radical (unpaired) electrons. The number of anilines is 2. The molecule has 0 bridgehead atoms. The van der Waals surface area contributed by atoms with Gasteiger partial charge >= 0.3 is 0 Å². The van der Waals surface area contributed by atoms with E-state index in [1.165, 1.54) is 0 Å². The SMILES string of the molecule is C=C(C)COc1ccccc1NCC(=O)Nc1ccc(Oc2ccccc2)cc1. The first-order valence-electron chi connectivity index (χ1n) is 9.33. The summed E-state index contributed by atoms with van der Waals surface area (Å²) in [5.41, 5.74) is 2.39. The van der Waals surface area contributed by atoms with Crippen LogP contribution in [0.2, 0.25) is 0 Å². The molecule has 0 spiro atoms. The summed E-state index contributed by atoms with van der Waals surface area (Å²) in [6.45, 7) is 6.29. The molecular formula is C24H24N2O3. The minimum absolute atomic E-state index is 0.121. The molecule has 0 fully saturated rings. The molecule has 2 N–H and O–H groups in total. The summed E-state index contributed by atoms with van der Waals surface area (Å²) in [6, 6.07) is 24.3. The number of amides is 1. The number of benzene rings is 3. The molecule has 0 aromatic heterocycles. The molecule has 0 unspecified atom stereocenters. The molecule has 5 heteroatoms. The van der Waals surface area contributed by atoms with Gasteiger partial charge in [-0.3, -0.25) is 4.79 Å². The number of hydrogen-bond acceptors (Lipinski definition) is 4. The van der Waals surface area contributed by atoms with Gasteiger partial charge in [-0.25, -0.2) is 0 Å². The van der Waals surface area contributed by atoms with Crippen molar-refractivity contribution >= 4 is 17.3 Å². The highest BCUT2D eigenvalue weighted by Gasteiger charge is 2.07. The lowest BCUT2D eigenvalue weighted by molar-refractivity contribution is -0.114. The molecule has 3 aromatic carbocycles. The van der Waals surface area contributed by atoms with Gasteiger partial charge in [0.05, 0.1) is 12.2 Å². The number of rotatable bonds is 9. The van der Waals surface area contributed by atoms with E-state index in [1.54, 1.807) is 12.1 Å². The van der Waals surface area contributed by atoms with Gasteiger partial charge in [0, 0.05) is 5.69 Å². The highest BCUT2D eigenvalue weighted by atomic mass is 16.5. The third-order valence-corrected chi connectivity index (χ3v) is 3.92. The van der Waals surface area contributed by atoms with Crippen LogP contribution in [0, 0.1) is 0 Å². The van der Waals surface area contributed by atoms with Crippen molar-refractivity contribution in [2.45, 2.75) is 6.92 Å². The maximum Gasteiger partial charge on any atom is 0.243 e. The van der Waals surface area contributed by atoms with Crippen LogP contribution >= 0.6 is 0 Å². The van der Waals surface area contributed by atoms with Crippen LogP contribution in [-0.4, -0.2) is 19.1 Å². The summed E-state index contributed by atoms with van der Waals surface area (Å²) in [7, 11) is 0. The van der Waals surface area contributed by atoms with Gasteiger partial charge in [0.25, 0.3) is 0 Å². The highest BCUT2D eigenvalue weighted by Crippen LogP contribution is 2.24. The third kappa shape index (κ3) is 6.43. The molecule has 0 heterocycles. The molecule has 5 nitrogen and oxygen atoms in total. The number of carbonyl (C=O) groups excluding carboxylic acids is 1. The fraction of sp³-hybridized carbons (Fsp3) is 0.125. The van der Waals surface area contributed by atoms with Gasteiger partial charge in [-0.1, -0.05) is 36.9 Å². The van der Waals surface area contributed by atoms with Crippen LogP contribution in [-0.2, 0) is 4.79 Å². The van der Waals surface area contributed by atoms with E-state index in [2.05, 4.69) is 17.2 Å². The molecule has 1 amide bonds. The molecule has 0 aliphatic carbocycles. The minimum atomic E-state index is -0.156. The molecule has 0 aliphatic rings. The Morgan fingerprint density at radius 3 is 2.28 bits per heavy atom. The van der Waals surface area contributed by atoms with Gasteiger partial charge in [0.1, 0.15) is 23.9 Å². The summed E-state index contributed by atoms with van der Waals surface area (Å²) >= 11 is 0. The van der Waals surface area contributed by atoms with Gasteiger partial charge in [-0.05, 0) is 61.0 Å². The minimum Gasteiger partial charge on any atom is -0.487 e. The Morgan fingerprint density at radius 1 is 0.897 bits per heavy atom. The monoisotopic (exact) mass is 388 g/mol. The molecule has 3 rings (SSSR count). The van der Waals surface area contributed by atoms with E-state index in [9.17, 15) is 4.79 Å². The van der Waals surface area contributed by atoms with Gasteiger partial charge in [-0.2, -0.15) is 0 Å². The van der Waals surface area contributed by atoms with Gasteiger partial charge in [0.15, 0.2) is 0 Å². The van der Waals surface area contributed by atoms with Crippen LogP contribution in [0.5, 0.6) is 17.2 Å². The predicted molar refractivity (Wildman–Crippen MR) is 117 cm³/mol. The first-order chi connectivity index (χ1) is 14.1. The molecule has 29 heavy (non-hydrogen) atoms. The van der Waals surface area contributed by atoms with E-state index in [1.807, 2.05) is 73.7 Å². The van der Waals surface area contributed by atoms with Gasteiger partial charge < -0.3 is 20.1 Å². The maximum atomic E-state index is 12.3. The van der Waals surface area contributed by atoms with Crippen LogP contribution in [0.4, 0.5) is 11.4 Å². The molecule has 0 saturated carbocycles. The zero-order chi connectivity index (χ0) is 20.5.